The Bertz CT molecular complexity index is 557. The van der Waals surface area contributed by atoms with Gasteiger partial charge in [-0.3, -0.25) is 4.79 Å². The highest BCUT2D eigenvalue weighted by Crippen LogP contribution is 2.33. The van der Waals surface area contributed by atoms with Crippen molar-refractivity contribution in [2.45, 2.75) is 25.3 Å². The van der Waals surface area contributed by atoms with Gasteiger partial charge in [0.05, 0.1) is 6.04 Å². The second-order valence-corrected chi connectivity index (χ2v) is 6.01. The summed E-state index contributed by atoms with van der Waals surface area (Å²) in [5.41, 5.74) is 1.48. The number of rotatable bonds is 4. The molecule has 0 saturated heterocycles. The number of likely N-dealkylation sites (N-methyl/N-ethyl adjacent to an activating group) is 1. The Kier molecular flexibility index (Phi) is 5.37. The van der Waals surface area contributed by atoms with Crippen LogP contribution < -0.4 is 5.32 Å². The van der Waals surface area contributed by atoms with Crippen molar-refractivity contribution < 1.29 is 9.18 Å². The molecule has 1 amide bonds. The van der Waals surface area contributed by atoms with Crippen LogP contribution in [-0.2, 0) is 11.2 Å². The van der Waals surface area contributed by atoms with E-state index in [1.165, 1.54) is 12.1 Å². The van der Waals surface area contributed by atoms with Crippen LogP contribution in [0.15, 0.2) is 24.3 Å². The van der Waals surface area contributed by atoms with Crippen molar-refractivity contribution in [1.82, 2.24) is 10.2 Å². The first-order valence-corrected chi connectivity index (χ1v) is 7.44. The summed E-state index contributed by atoms with van der Waals surface area (Å²) in [6.07, 6.45) is 5.69. The summed E-state index contributed by atoms with van der Waals surface area (Å²) in [4.78, 5) is 13.9. The predicted octanol–water partition coefficient (Wildman–Crippen LogP) is 3.09. The molecule has 1 aliphatic carbocycles. The van der Waals surface area contributed by atoms with Gasteiger partial charge >= 0.3 is 0 Å². The Morgan fingerprint density at radius 2 is 2.29 bits per heavy atom. The van der Waals surface area contributed by atoms with Crippen molar-refractivity contribution in [2.75, 3.05) is 20.6 Å². The minimum Gasteiger partial charge on any atom is -0.346 e. The molecule has 1 aliphatic rings. The van der Waals surface area contributed by atoms with E-state index in [1.54, 1.807) is 12.1 Å². The van der Waals surface area contributed by atoms with E-state index in [2.05, 4.69) is 5.32 Å². The van der Waals surface area contributed by atoms with Crippen LogP contribution in [0.3, 0.4) is 0 Å². The Morgan fingerprint density at radius 1 is 1.52 bits per heavy atom. The van der Waals surface area contributed by atoms with Gasteiger partial charge in [-0.2, -0.15) is 0 Å². The van der Waals surface area contributed by atoms with Gasteiger partial charge in [0.25, 0.3) is 0 Å². The number of nitrogens with zero attached hydrogens (tertiary/aromatic N) is 1. The Hall–Kier alpha value is -1.39. The topological polar surface area (TPSA) is 32.3 Å². The van der Waals surface area contributed by atoms with E-state index < -0.39 is 0 Å². The van der Waals surface area contributed by atoms with Crippen LogP contribution in [0, 0.1) is 5.82 Å². The Labute approximate surface area is 129 Å². The van der Waals surface area contributed by atoms with Crippen LogP contribution in [0.1, 0.15) is 30.0 Å². The standard InChI is InChI=1S/C16H20ClFN2O/c1-20(2)8-4-7-16(21)19-15-6-3-5-12-13(15)9-11(17)10-14(12)18/h4,7,9-10,15H,3,5-6,8H2,1-2H3,(H,19,21)/b7-4+. The molecule has 0 spiro atoms. The highest BCUT2D eigenvalue weighted by Gasteiger charge is 2.24. The Morgan fingerprint density at radius 3 is 3.00 bits per heavy atom. The molecule has 0 radical (unpaired) electrons. The molecule has 0 aliphatic heterocycles. The number of benzene rings is 1. The summed E-state index contributed by atoms with van der Waals surface area (Å²) in [7, 11) is 3.87. The molecule has 0 bridgehead atoms. The van der Waals surface area contributed by atoms with Crippen molar-refractivity contribution in [3.63, 3.8) is 0 Å². The number of amides is 1. The monoisotopic (exact) mass is 310 g/mol. The summed E-state index contributed by atoms with van der Waals surface area (Å²) >= 11 is 5.93. The zero-order chi connectivity index (χ0) is 15.4. The third-order valence-electron chi connectivity index (χ3n) is 3.55. The maximum absolute atomic E-state index is 13.9. The van der Waals surface area contributed by atoms with Crippen LogP contribution >= 0.6 is 11.6 Å². The first-order chi connectivity index (χ1) is 9.97. The Balaban J connectivity index is 2.10. The minimum atomic E-state index is -0.278. The van der Waals surface area contributed by atoms with Crippen molar-refractivity contribution in [2.24, 2.45) is 0 Å². The van der Waals surface area contributed by atoms with Gasteiger partial charge in [-0.05, 0) is 56.6 Å². The lowest BCUT2D eigenvalue weighted by Gasteiger charge is -2.26. The fraction of sp³-hybridized carbons (Fsp3) is 0.438. The minimum absolute atomic E-state index is 0.157. The normalized spacial score (nSPS) is 18.0. The molecule has 0 aromatic heterocycles. The van der Waals surface area contributed by atoms with E-state index in [0.717, 1.165) is 18.4 Å². The fourth-order valence-corrected chi connectivity index (χ4v) is 2.79. The van der Waals surface area contributed by atoms with Crippen molar-refractivity contribution in [3.8, 4) is 0 Å². The maximum Gasteiger partial charge on any atom is 0.244 e. The quantitative estimate of drug-likeness (QED) is 0.867. The summed E-state index contributed by atoms with van der Waals surface area (Å²) in [6, 6.07) is 2.92. The maximum atomic E-state index is 13.9. The van der Waals surface area contributed by atoms with E-state index in [4.69, 9.17) is 11.6 Å². The average molecular weight is 311 g/mol. The average Bonchev–Trinajstić information content (AvgIpc) is 2.39. The summed E-state index contributed by atoms with van der Waals surface area (Å²) in [6.45, 7) is 0.704. The molecule has 0 saturated carbocycles. The van der Waals surface area contributed by atoms with Crippen LogP contribution in [0.5, 0.6) is 0 Å². The molecule has 1 aromatic carbocycles. The molecule has 0 fully saturated rings. The second-order valence-electron chi connectivity index (χ2n) is 5.57. The number of carbonyl (C=O) groups excluding carboxylic acids is 1. The lowest BCUT2D eigenvalue weighted by atomic mass is 9.87. The number of carbonyl (C=O) groups is 1. The summed E-state index contributed by atoms with van der Waals surface area (Å²) < 4.78 is 13.9. The van der Waals surface area contributed by atoms with Crippen LogP contribution in [0.4, 0.5) is 4.39 Å². The van der Waals surface area contributed by atoms with Gasteiger partial charge in [-0.15, -0.1) is 0 Å². The zero-order valence-corrected chi connectivity index (χ0v) is 13.1. The van der Waals surface area contributed by atoms with Gasteiger partial charge in [-0.1, -0.05) is 17.7 Å². The zero-order valence-electron chi connectivity index (χ0n) is 12.3. The van der Waals surface area contributed by atoms with Gasteiger partial charge in [0.2, 0.25) is 5.91 Å². The largest absolute Gasteiger partial charge is 0.346 e. The second kappa shape index (κ2) is 7.05. The van der Waals surface area contributed by atoms with Crippen molar-refractivity contribution >= 4 is 17.5 Å². The van der Waals surface area contributed by atoms with Gasteiger partial charge in [-0.25, -0.2) is 4.39 Å². The SMILES string of the molecule is CN(C)C/C=C/C(=O)NC1CCCc2c(F)cc(Cl)cc21. The van der Waals surface area contributed by atoms with Gasteiger partial charge in [0.15, 0.2) is 0 Å². The molecule has 1 aromatic rings. The number of halogens is 2. The first kappa shape index (κ1) is 16.0. The third kappa shape index (κ3) is 4.29. The highest BCUT2D eigenvalue weighted by molar-refractivity contribution is 6.30. The fourth-order valence-electron chi connectivity index (χ4n) is 2.58. The highest BCUT2D eigenvalue weighted by atomic mass is 35.5. The van der Waals surface area contributed by atoms with E-state index in [-0.39, 0.29) is 17.8 Å². The number of hydrogen-bond acceptors (Lipinski definition) is 2. The van der Waals surface area contributed by atoms with Crippen LogP contribution in [0.25, 0.3) is 0 Å². The first-order valence-electron chi connectivity index (χ1n) is 7.07. The molecule has 21 heavy (non-hydrogen) atoms. The van der Waals surface area contributed by atoms with Crippen molar-refractivity contribution in [3.05, 3.63) is 46.3 Å². The molecular formula is C16H20ClFN2O. The molecule has 5 heteroatoms. The molecule has 1 unspecified atom stereocenters. The van der Waals surface area contributed by atoms with E-state index >= 15 is 0 Å². The number of nitrogens with one attached hydrogen (secondary N) is 1. The summed E-state index contributed by atoms with van der Waals surface area (Å²) in [5.74, 6) is -0.435. The number of hydrogen-bond donors (Lipinski definition) is 1. The molecule has 2 rings (SSSR count). The van der Waals surface area contributed by atoms with Crippen LogP contribution in [-0.4, -0.2) is 31.4 Å². The van der Waals surface area contributed by atoms with Gasteiger partial charge in [0.1, 0.15) is 5.82 Å². The lowest BCUT2D eigenvalue weighted by molar-refractivity contribution is -0.117. The van der Waals surface area contributed by atoms with Gasteiger partial charge < -0.3 is 10.2 Å². The van der Waals surface area contributed by atoms with E-state index in [9.17, 15) is 9.18 Å². The van der Waals surface area contributed by atoms with Crippen molar-refractivity contribution in [1.29, 1.82) is 0 Å². The third-order valence-corrected chi connectivity index (χ3v) is 3.76. The van der Waals surface area contributed by atoms with E-state index in [1.807, 2.05) is 19.0 Å². The molecule has 114 valence electrons. The molecule has 3 nitrogen and oxygen atoms in total. The molecule has 1 atom stereocenters. The molecule has 0 heterocycles. The molecular weight excluding hydrogens is 291 g/mol. The smallest absolute Gasteiger partial charge is 0.244 e. The predicted molar refractivity (Wildman–Crippen MR) is 82.9 cm³/mol. The number of fused-ring (bicyclic) bond motifs is 1. The summed E-state index contributed by atoms with van der Waals surface area (Å²) in [5, 5.41) is 3.30. The molecule has 1 N–H and O–H groups in total. The van der Waals surface area contributed by atoms with Gasteiger partial charge in [0, 0.05) is 17.6 Å². The van der Waals surface area contributed by atoms with E-state index in [0.29, 0.717) is 23.6 Å². The van der Waals surface area contributed by atoms with Crippen LogP contribution in [0.2, 0.25) is 5.02 Å². The lowest BCUT2D eigenvalue weighted by Crippen LogP contribution is -2.30.